The van der Waals surface area contributed by atoms with Gasteiger partial charge in [-0.15, -0.1) is 0 Å². The summed E-state index contributed by atoms with van der Waals surface area (Å²) in [6.07, 6.45) is 1.80. The Hall–Kier alpha value is -1.83. The maximum Gasteiger partial charge on any atom is 0.131 e. The molecule has 88 valence electrons. The minimum absolute atomic E-state index is 0.439. The fraction of sp³-hybridized carbons (Fsp3) is 0.267. The van der Waals surface area contributed by atoms with Gasteiger partial charge in [0.15, 0.2) is 0 Å². The molecule has 0 aliphatic carbocycles. The van der Waals surface area contributed by atoms with Crippen molar-refractivity contribution in [2.45, 2.75) is 19.8 Å². The van der Waals surface area contributed by atoms with Crippen molar-refractivity contribution in [3.63, 3.8) is 0 Å². The van der Waals surface area contributed by atoms with E-state index in [0.717, 1.165) is 17.0 Å². The highest BCUT2D eigenvalue weighted by Crippen LogP contribution is 2.35. The van der Waals surface area contributed by atoms with Gasteiger partial charge in [-0.25, -0.2) is 0 Å². The maximum absolute atomic E-state index is 5.55. The Labute approximate surface area is 102 Å². The van der Waals surface area contributed by atoms with Gasteiger partial charge in [-0.2, -0.15) is 0 Å². The third-order valence-electron chi connectivity index (χ3n) is 2.81. The van der Waals surface area contributed by atoms with Crippen molar-refractivity contribution in [2.75, 3.05) is 7.11 Å². The lowest BCUT2D eigenvalue weighted by molar-refractivity contribution is 0.409. The predicted molar refractivity (Wildman–Crippen MR) is 70.3 cm³/mol. The minimum Gasteiger partial charge on any atom is -0.496 e. The molecule has 0 radical (unpaired) electrons. The fourth-order valence-electron chi connectivity index (χ4n) is 1.96. The van der Waals surface area contributed by atoms with E-state index in [4.69, 9.17) is 4.74 Å². The molecule has 0 amide bonds. The van der Waals surface area contributed by atoms with Gasteiger partial charge in [0.05, 0.1) is 12.8 Å². The van der Waals surface area contributed by atoms with Crippen molar-refractivity contribution in [3.8, 4) is 17.0 Å². The van der Waals surface area contributed by atoms with Crippen molar-refractivity contribution < 1.29 is 4.74 Å². The topological polar surface area (TPSA) is 22.1 Å². The number of para-hydroxylation sites is 1. The van der Waals surface area contributed by atoms with E-state index in [1.165, 1.54) is 5.56 Å². The first-order chi connectivity index (χ1) is 8.24. The van der Waals surface area contributed by atoms with Crippen molar-refractivity contribution in [2.24, 2.45) is 0 Å². The maximum atomic E-state index is 5.55. The van der Waals surface area contributed by atoms with Crippen molar-refractivity contribution in [3.05, 3.63) is 48.2 Å². The molecule has 2 heteroatoms. The number of pyridine rings is 1. The zero-order valence-corrected chi connectivity index (χ0v) is 10.5. The SMILES string of the molecule is COc1c(-c2ccccn2)cccc1C(C)C. The van der Waals surface area contributed by atoms with Gasteiger partial charge in [0, 0.05) is 11.8 Å². The molecule has 1 heterocycles. The van der Waals surface area contributed by atoms with Crippen LogP contribution in [0.15, 0.2) is 42.6 Å². The first kappa shape index (κ1) is 11.6. The average Bonchev–Trinajstić information content (AvgIpc) is 2.38. The van der Waals surface area contributed by atoms with E-state index in [9.17, 15) is 0 Å². The van der Waals surface area contributed by atoms with E-state index in [0.29, 0.717) is 5.92 Å². The lowest BCUT2D eigenvalue weighted by atomic mass is 9.97. The van der Waals surface area contributed by atoms with Gasteiger partial charge in [-0.1, -0.05) is 32.0 Å². The van der Waals surface area contributed by atoms with Crippen LogP contribution in [-0.2, 0) is 0 Å². The molecule has 0 atom stereocenters. The molecule has 2 nitrogen and oxygen atoms in total. The quantitative estimate of drug-likeness (QED) is 0.793. The lowest BCUT2D eigenvalue weighted by Crippen LogP contribution is -1.97. The molecule has 2 aromatic rings. The van der Waals surface area contributed by atoms with Gasteiger partial charge in [0.1, 0.15) is 5.75 Å². The molecule has 17 heavy (non-hydrogen) atoms. The smallest absolute Gasteiger partial charge is 0.131 e. The Bertz CT molecular complexity index is 492. The fourth-order valence-corrected chi connectivity index (χ4v) is 1.96. The second kappa shape index (κ2) is 5.00. The standard InChI is InChI=1S/C15H17NO/c1-11(2)12-7-6-8-13(15(12)17-3)14-9-4-5-10-16-14/h4-11H,1-3H3. The minimum atomic E-state index is 0.439. The van der Waals surface area contributed by atoms with E-state index in [1.54, 1.807) is 13.3 Å². The highest BCUT2D eigenvalue weighted by Gasteiger charge is 2.13. The van der Waals surface area contributed by atoms with Crippen LogP contribution in [0, 0.1) is 0 Å². The molecule has 1 aromatic heterocycles. The Kier molecular flexibility index (Phi) is 3.43. The van der Waals surface area contributed by atoms with E-state index in [1.807, 2.05) is 24.3 Å². The van der Waals surface area contributed by atoms with Crippen LogP contribution >= 0.6 is 0 Å². The molecular weight excluding hydrogens is 210 g/mol. The number of methoxy groups -OCH3 is 1. The summed E-state index contributed by atoms with van der Waals surface area (Å²) in [4.78, 5) is 4.38. The molecule has 0 N–H and O–H groups in total. The third-order valence-corrected chi connectivity index (χ3v) is 2.81. The van der Waals surface area contributed by atoms with Gasteiger partial charge in [0.25, 0.3) is 0 Å². The van der Waals surface area contributed by atoms with Gasteiger partial charge in [0.2, 0.25) is 0 Å². The zero-order chi connectivity index (χ0) is 12.3. The summed E-state index contributed by atoms with van der Waals surface area (Å²) in [6.45, 7) is 4.33. The Balaban J connectivity index is 2.59. The molecule has 0 saturated heterocycles. The van der Waals surface area contributed by atoms with Crippen LogP contribution in [0.2, 0.25) is 0 Å². The normalized spacial score (nSPS) is 10.6. The van der Waals surface area contributed by atoms with Crippen molar-refractivity contribution in [1.29, 1.82) is 0 Å². The summed E-state index contributed by atoms with van der Waals surface area (Å²) < 4.78 is 5.55. The number of nitrogens with zero attached hydrogens (tertiary/aromatic N) is 1. The van der Waals surface area contributed by atoms with Gasteiger partial charge in [-0.05, 0) is 29.7 Å². The van der Waals surface area contributed by atoms with E-state index >= 15 is 0 Å². The molecule has 0 fully saturated rings. The summed E-state index contributed by atoms with van der Waals surface area (Å²) in [5, 5.41) is 0. The highest BCUT2D eigenvalue weighted by atomic mass is 16.5. The molecule has 2 rings (SSSR count). The first-order valence-electron chi connectivity index (χ1n) is 5.82. The van der Waals surface area contributed by atoms with Crippen LogP contribution in [0.4, 0.5) is 0 Å². The monoisotopic (exact) mass is 227 g/mol. The van der Waals surface area contributed by atoms with Gasteiger partial charge >= 0.3 is 0 Å². The summed E-state index contributed by atoms with van der Waals surface area (Å²) in [5.41, 5.74) is 3.22. The molecule has 0 aliphatic rings. The Morgan fingerprint density at radius 2 is 1.88 bits per heavy atom. The Morgan fingerprint density at radius 3 is 2.47 bits per heavy atom. The molecule has 0 aliphatic heterocycles. The van der Waals surface area contributed by atoms with Crippen LogP contribution in [0.3, 0.4) is 0 Å². The van der Waals surface area contributed by atoms with Crippen LogP contribution in [0.1, 0.15) is 25.3 Å². The molecule has 0 saturated carbocycles. The van der Waals surface area contributed by atoms with Gasteiger partial charge in [-0.3, -0.25) is 4.98 Å². The number of ether oxygens (including phenoxy) is 1. The van der Waals surface area contributed by atoms with E-state index < -0.39 is 0 Å². The predicted octanol–water partition coefficient (Wildman–Crippen LogP) is 3.88. The molecule has 0 unspecified atom stereocenters. The van der Waals surface area contributed by atoms with Crippen LogP contribution < -0.4 is 4.74 Å². The molecule has 0 bridgehead atoms. The first-order valence-corrected chi connectivity index (χ1v) is 5.82. The number of benzene rings is 1. The third kappa shape index (κ3) is 2.31. The second-order valence-electron chi connectivity index (χ2n) is 4.30. The molecule has 0 spiro atoms. The van der Waals surface area contributed by atoms with E-state index in [-0.39, 0.29) is 0 Å². The summed E-state index contributed by atoms with van der Waals surface area (Å²) >= 11 is 0. The second-order valence-corrected chi connectivity index (χ2v) is 4.30. The molecular formula is C15H17NO. The van der Waals surface area contributed by atoms with Gasteiger partial charge < -0.3 is 4.74 Å². The summed E-state index contributed by atoms with van der Waals surface area (Å²) in [5.74, 6) is 1.37. The van der Waals surface area contributed by atoms with Crippen molar-refractivity contribution >= 4 is 0 Å². The van der Waals surface area contributed by atoms with E-state index in [2.05, 4.69) is 31.0 Å². The zero-order valence-electron chi connectivity index (χ0n) is 10.5. The van der Waals surface area contributed by atoms with Crippen LogP contribution in [0.25, 0.3) is 11.3 Å². The van der Waals surface area contributed by atoms with Crippen LogP contribution in [0.5, 0.6) is 5.75 Å². The highest BCUT2D eigenvalue weighted by molar-refractivity contribution is 5.69. The Morgan fingerprint density at radius 1 is 1.06 bits per heavy atom. The summed E-state index contributed by atoms with van der Waals surface area (Å²) in [7, 11) is 1.72. The summed E-state index contributed by atoms with van der Waals surface area (Å²) in [6, 6.07) is 12.1. The number of aromatic nitrogens is 1. The largest absolute Gasteiger partial charge is 0.496 e. The van der Waals surface area contributed by atoms with Crippen molar-refractivity contribution in [1.82, 2.24) is 4.98 Å². The number of rotatable bonds is 3. The average molecular weight is 227 g/mol. The number of hydrogen-bond donors (Lipinski definition) is 0. The van der Waals surface area contributed by atoms with Crippen LogP contribution in [-0.4, -0.2) is 12.1 Å². The lowest BCUT2D eigenvalue weighted by Gasteiger charge is -2.15. The molecule has 1 aromatic carbocycles. The number of hydrogen-bond acceptors (Lipinski definition) is 2.